The molecule has 0 unspecified atom stereocenters. The lowest BCUT2D eigenvalue weighted by Gasteiger charge is -2.10. The zero-order valence-electron chi connectivity index (χ0n) is 14.4. The quantitative estimate of drug-likeness (QED) is 0.589. The van der Waals surface area contributed by atoms with Crippen LogP contribution in [-0.2, 0) is 11.0 Å². The van der Waals surface area contributed by atoms with Crippen LogP contribution in [0.25, 0.3) is 17.0 Å². The molecular weight excluding hydrogens is 395 g/mol. The lowest BCUT2D eigenvalue weighted by atomic mass is 10.1. The molecule has 4 nitrogen and oxygen atoms in total. The van der Waals surface area contributed by atoms with Gasteiger partial charge in [-0.25, -0.2) is 0 Å². The molecule has 3 rings (SSSR count). The molecule has 28 heavy (non-hydrogen) atoms. The summed E-state index contributed by atoms with van der Waals surface area (Å²) in [6.07, 6.45) is -1.11. The molecule has 2 aromatic carbocycles. The average Bonchev–Trinajstić information content (AvgIpc) is 2.62. The molecule has 0 atom stereocenters. The van der Waals surface area contributed by atoms with Crippen LogP contribution in [0.5, 0.6) is 0 Å². The molecule has 1 amide bonds. The number of rotatable bonds is 3. The normalized spacial score (nSPS) is 11.9. The summed E-state index contributed by atoms with van der Waals surface area (Å²) < 4.78 is 43.7. The van der Waals surface area contributed by atoms with E-state index in [1.165, 1.54) is 12.3 Å². The van der Waals surface area contributed by atoms with Crippen molar-refractivity contribution in [2.24, 2.45) is 0 Å². The van der Waals surface area contributed by atoms with Crippen LogP contribution in [-0.4, -0.2) is 5.91 Å². The van der Waals surface area contributed by atoms with Gasteiger partial charge in [-0.2, -0.15) is 13.2 Å². The first-order valence-electron chi connectivity index (χ1n) is 8.03. The van der Waals surface area contributed by atoms with Gasteiger partial charge >= 0.3 is 6.18 Å². The topological polar surface area (TPSA) is 59.3 Å². The monoisotopic (exact) mass is 407 g/mol. The number of hydrogen-bond donors (Lipinski definition) is 1. The van der Waals surface area contributed by atoms with E-state index in [0.717, 1.165) is 29.8 Å². The van der Waals surface area contributed by atoms with Crippen LogP contribution in [0.15, 0.2) is 57.9 Å². The number of anilines is 1. The fourth-order valence-electron chi connectivity index (χ4n) is 2.51. The number of benzene rings is 2. The molecule has 1 aromatic heterocycles. The van der Waals surface area contributed by atoms with Crippen LogP contribution < -0.4 is 10.7 Å². The maximum Gasteiger partial charge on any atom is 0.416 e. The van der Waals surface area contributed by atoms with Gasteiger partial charge in [0.15, 0.2) is 5.43 Å². The van der Waals surface area contributed by atoms with Gasteiger partial charge in [0.2, 0.25) is 5.91 Å². The Kier molecular flexibility index (Phi) is 5.29. The molecule has 0 aliphatic rings. The third-order valence-corrected chi connectivity index (χ3v) is 4.25. The number of amides is 1. The van der Waals surface area contributed by atoms with Crippen molar-refractivity contribution in [3.63, 3.8) is 0 Å². The van der Waals surface area contributed by atoms with Crippen LogP contribution >= 0.6 is 11.6 Å². The Morgan fingerprint density at radius 3 is 2.64 bits per heavy atom. The van der Waals surface area contributed by atoms with Gasteiger partial charge in [-0.15, -0.1) is 0 Å². The lowest BCUT2D eigenvalue weighted by molar-refractivity contribution is -0.137. The first-order valence-corrected chi connectivity index (χ1v) is 8.41. The van der Waals surface area contributed by atoms with E-state index < -0.39 is 17.6 Å². The number of aryl methyl sites for hydroxylation is 1. The van der Waals surface area contributed by atoms with Gasteiger partial charge in [0.1, 0.15) is 11.8 Å². The molecule has 0 aliphatic heterocycles. The Morgan fingerprint density at radius 2 is 1.93 bits per heavy atom. The van der Waals surface area contributed by atoms with Crippen molar-refractivity contribution in [3.05, 3.63) is 80.7 Å². The molecule has 0 saturated heterocycles. The van der Waals surface area contributed by atoms with Gasteiger partial charge in [0.05, 0.1) is 27.2 Å². The standard InChI is InChI=1S/C20H13ClF3NO3/c1-11-2-6-17-14(8-11)19(27)12(10-28-17)3-7-18(26)25-16-9-13(20(22,23)24)4-5-15(16)21/h2-10H,1H3,(H,25,26)/b7-3+. The molecule has 0 bridgehead atoms. The Morgan fingerprint density at radius 1 is 1.18 bits per heavy atom. The van der Waals surface area contributed by atoms with E-state index in [2.05, 4.69) is 5.32 Å². The zero-order chi connectivity index (χ0) is 20.5. The molecular formula is C20H13ClF3NO3. The zero-order valence-corrected chi connectivity index (χ0v) is 15.2. The Balaban J connectivity index is 1.84. The summed E-state index contributed by atoms with van der Waals surface area (Å²) in [5, 5.41) is 2.59. The van der Waals surface area contributed by atoms with E-state index in [1.807, 2.05) is 6.92 Å². The third-order valence-electron chi connectivity index (χ3n) is 3.92. The first-order chi connectivity index (χ1) is 13.1. The van der Waals surface area contributed by atoms with Crippen LogP contribution in [0.2, 0.25) is 5.02 Å². The lowest BCUT2D eigenvalue weighted by Crippen LogP contribution is -2.11. The summed E-state index contributed by atoms with van der Waals surface area (Å²) in [5.74, 6) is -0.745. The highest BCUT2D eigenvalue weighted by Crippen LogP contribution is 2.33. The molecule has 8 heteroatoms. The van der Waals surface area contributed by atoms with Gasteiger partial charge in [-0.1, -0.05) is 23.2 Å². The van der Waals surface area contributed by atoms with Crippen LogP contribution in [0.3, 0.4) is 0 Å². The summed E-state index contributed by atoms with van der Waals surface area (Å²) in [4.78, 5) is 24.5. The number of hydrogen-bond acceptors (Lipinski definition) is 3. The van der Waals surface area contributed by atoms with Gasteiger partial charge < -0.3 is 9.73 Å². The Labute approximate surface area is 162 Å². The van der Waals surface area contributed by atoms with Gasteiger partial charge in [0.25, 0.3) is 0 Å². The SMILES string of the molecule is Cc1ccc2occ(/C=C/C(=O)Nc3cc(C(F)(F)F)ccc3Cl)c(=O)c2c1. The summed E-state index contributed by atoms with van der Waals surface area (Å²) in [7, 11) is 0. The number of alkyl halides is 3. The van der Waals surface area contributed by atoms with E-state index in [-0.39, 0.29) is 21.7 Å². The maximum atomic E-state index is 12.8. The number of carbonyl (C=O) groups excluding carboxylic acids is 1. The number of fused-ring (bicyclic) bond motifs is 1. The van der Waals surface area contributed by atoms with Crippen LogP contribution in [0, 0.1) is 6.92 Å². The van der Waals surface area contributed by atoms with Crippen molar-refractivity contribution in [1.29, 1.82) is 0 Å². The summed E-state index contributed by atoms with van der Waals surface area (Å²) >= 11 is 5.84. The van der Waals surface area contributed by atoms with Crippen LogP contribution in [0.4, 0.5) is 18.9 Å². The second-order valence-corrected chi connectivity index (χ2v) is 6.44. The van der Waals surface area contributed by atoms with E-state index in [4.69, 9.17) is 16.0 Å². The molecule has 0 saturated carbocycles. The first kappa shape index (κ1) is 19.7. The fraction of sp³-hybridized carbons (Fsp3) is 0.100. The minimum absolute atomic E-state index is 0.0459. The highest BCUT2D eigenvalue weighted by Gasteiger charge is 2.31. The minimum Gasteiger partial charge on any atom is -0.463 e. The molecule has 144 valence electrons. The van der Waals surface area contributed by atoms with E-state index in [1.54, 1.807) is 18.2 Å². The molecule has 3 aromatic rings. The van der Waals surface area contributed by atoms with E-state index in [0.29, 0.717) is 11.0 Å². The van der Waals surface area contributed by atoms with Crippen molar-refractivity contribution >= 4 is 40.2 Å². The van der Waals surface area contributed by atoms with Crippen LogP contribution in [0.1, 0.15) is 16.7 Å². The molecule has 0 radical (unpaired) electrons. The van der Waals surface area contributed by atoms with Crippen molar-refractivity contribution < 1.29 is 22.4 Å². The number of halogens is 4. The number of nitrogens with one attached hydrogen (secondary N) is 1. The molecule has 1 N–H and O–H groups in total. The van der Waals surface area contributed by atoms with Crippen molar-refractivity contribution in [3.8, 4) is 0 Å². The van der Waals surface area contributed by atoms with E-state index in [9.17, 15) is 22.8 Å². The van der Waals surface area contributed by atoms with Gasteiger partial charge in [-0.05, 0) is 43.3 Å². The fourth-order valence-corrected chi connectivity index (χ4v) is 2.68. The predicted molar refractivity (Wildman–Crippen MR) is 101 cm³/mol. The average molecular weight is 408 g/mol. The minimum atomic E-state index is -4.57. The molecule has 0 spiro atoms. The largest absolute Gasteiger partial charge is 0.463 e. The predicted octanol–water partition coefficient (Wildman–Crippen LogP) is 5.43. The summed E-state index contributed by atoms with van der Waals surface area (Å²) in [5.41, 5.74) is -0.0469. The highest BCUT2D eigenvalue weighted by atomic mass is 35.5. The Hall–Kier alpha value is -3.06. The summed E-state index contributed by atoms with van der Waals surface area (Å²) in [6, 6.07) is 7.73. The number of carbonyl (C=O) groups is 1. The summed E-state index contributed by atoms with van der Waals surface area (Å²) in [6.45, 7) is 1.83. The van der Waals surface area contributed by atoms with E-state index >= 15 is 0 Å². The Bertz CT molecular complexity index is 1150. The maximum absolute atomic E-state index is 12.8. The molecule has 0 fully saturated rings. The highest BCUT2D eigenvalue weighted by molar-refractivity contribution is 6.33. The van der Waals surface area contributed by atoms with Gasteiger partial charge in [-0.3, -0.25) is 9.59 Å². The molecule has 0 aliphatic carbocycles. The van der Waals surface area contributed by atoms with Crippen molar-refractivity contribution in [2.75, 3.05) is 5.32 Å². The third kappa shape index (κ3) is 4.26. The van der Waals surface area contributed by atoms with Crippen molar-refractivity contribution in [2.45, 2.75) is 13.1 Å². The smallest absolute Gasteiger partial charge is 0.416 e. The second-order valence-electron chi connectivity index (χ2n) is 6.03. The second kappa shape index (κ2) is 7.52. The molecule has 1 heterocycles. The van der Waals surface area contributed by atoms with Gasteiger partial charge in [0, 0.05) is 6.08 Å². The van der Waals surface area contributed by atoms with Crippen molar-refractivity contribution in [1.82, 2.24) is 0 Å².